The molecule has 0 saturated carbocycles. The lowest BCUT2D eigenvalue weighted by atomic mass is 10.00. The lowest BCUT2D eigenvalue weighted by Gasteiger charge is -2.14. The highest BCUT2D eigenvalue weighted by Crippen LogP contribution is 2.35. The van der Waals surface area contributed by atoms with Crippen LogP contribution < -0.4 is 19.9 Å². The van der Waals surface area contributed by atoms with Crippen LogP contribution in [0.4, 0.5) is 0 Å². The number of fused-ring (bicyclic) bond motifs is 1. The summed E-state index contributed by atoms with van der Waals surface area (Å²) in [5, 5.41) is 8.77. The van der Waals surface area contributed by atoms with Crippen LogP contribution in [-0.4, -0.2) is 18.9 Å². The summed E-state index contributed by atoms with van der Waals surface area (Å²) in [5.74, 6) is 2.17. The van der Waals surface area contributed by atoms with Crippen LogP contribution >= 0.6 is 0 Å². The lowest BCUT2D eigenvalue weighted by Crippen LogP contribution is -2.34. The molecule has 0 aliphatic carbocycles. The molecule has 5 nitrogen and oxygen atoms in total. The van der Waals surface area contributed by atoms with E-state index in [4.69, 9.17) is 25.2 Å². The topological polar surface area (TPSA) is 77.5 Å². The van der Waals surface area contributed by atoms with Crippen molar-refractivity contribution in [3.05, 3.63) is 18.2 Å². The monoisotopic (exact) mass is 248 g/mol. The van der Waals surface area contributed by atoms with Crippen LogP contribution in [0.5, 0.6) is 17.2 Å². The summed E-state index contributed by atoms with van der Waals surface area (Å²) in [6.07, 6.45) is 1.34. The van der Waals surface area contributed by atoms with Crippen molar-refractivity contribution < 1.29 is 14.2 Å². The van der Waals surface area contributed by atoms with E-state index in [9.17, 15) is 0 Å². The second-order valence-corrected chi connectivity index (χ2v) is 4.50. The standard InChI is InChI=1S/C13H16N2O3/c1-13(15,8-14)5-2-6-16-10-3-4-11-12(7-10)18-9-17-11/h3-4,7H,2,5-6,9,15H2,1H3. The third-order valence-electron chi connectivity index (χ3n) is 2.71. The van der Waals surface area contributed by atoms with Crippen LogP contribution in [0.15, 0.2) is 18.2 Å². The number of nitrogens with zero attached hydrogens (tertiary/aromatic N) is 1. The van der Waals surface area contributed by atoms with Crippen LogP contribution in [0.3, 0.4) is 0 Å². The maximum absolute atomic E-state index is 8.77. The molecule has 0 aromatic heterocycles. The molecule has 0 amide bonds. The normalized spacial score (nSPS) is 15.8. The molecule has 1 aromatic carbocycles. The average Bonchev–Trinajstić information content (AvgIpc) is 2.82. The van der Waals surface area contributed by atoms with Gasteiger partial charge >= 0.3 is 0 Å². The van der Waals surface area contributed by atoms with E-state index in [1.807, 2.05) is 12.1 Å². The summed E-state index contributed by atoms with van der Waals surface area (Å²) in [4.78, 5) is 0. The Morgan fingerprint density at radius 2 is 2.22 bits per heavy atom. The van der Waals surface area contributed by atoms with Gasteiger partial charge in [0.1, 0.15) is 11.3 Å². The van der Waals surface area contributed by atoms with Crippen molar-refractivity contribution in [2.45, 2.75) is 25.3 Å². The van der Waals surface area contributed by atoms with Gasteiger partial charge in [-0.2, -0.15) is 5.26 Å². The third-order valence-corrected chi connectivity index (χ3v) is 2.71. The average molecular weight is 248 g/mol. The Balaban J connectivity index is 1.79. The third kappa shape index (κ3) is 3.05. The van der Waals surface area contributed by atoms with Crippen molar-refractivity contribution in [3.63, 3.8) is 0 Å². The van der Waals surface area contributed by atoms with E-state index in [0.717, 1.165) is 17.9 Å². The molecule has 0 bridgehead atoms. The Morgan fingerprint density at radius 3 is 3.00 bits per heavy atom. The first kappa shape index (κ1) is 12.5. The second-order valence-electron chi connectivity index (χ2n) is 4.50. The first-order valence-corrected chi connectivity index (χ1v) is 5.83. The molecule has 1 unspecified atom stereocenters. The number of nitriles is 1. The first-order valence-electron chi connectivity index (χ1n) is 5.83. The Morgan fingerprint density at radius 1 is 1.44 bits per heavy atom. The minimum Gasteiger partial charge on any atom is -0.493 e. The number of rotatable bonds is 5. The van der Waals surface area contributed by atoms with Gasteiger partial charge in [0.05, 0.1) is 12.7 Å². The van der Waals surface area contributed by atoms with E-state index in [-0.39, 0.29) is 6.79 Å². The zero-order valence-corrected chi connectivity index (χ0v) is 10.3. The van der Waals surface area contributed by atoms with Gasteiger partial charge in [-0.3, -0.25) is 0 Å². The first-order chi connectivity index (χ1) is 8.61. The van der Waals surface area contributed by atoms with E-state index < -0.39 is 5.54 Å². The molecule has 2 N–H and O–H groups in total. The molecule has 1 heterocycles. The summed E-state index contributed by atoms with van der Waals surface area (Å²) in [7, 11) is 0. The highest BCUT2D eigenvalue weighted by molar-refractivity contribution is 5.46. The van der Waals surface area contributed by atoms with Crippen LogP contribution in [-0.2, 0) is 0 Å². The molecular formula is C13H16N2O3. The fraction of sp³-hybridized carbons (Fsp3) is 0.462. The molecule has 0 spiro atoms. The molecule has 5 heteroatoms. The van der Waals surface area contributed by atoms with E-state index >= 15 is 0 Å². The predicted molar refractivity (Wildman–Crippen MR) is 65.5 cm³/mol. The zero-order chi connectivity index (χ0) is 13.0. The Kier molecular flexibility index (Phi) is 3.58. The van der Waals surface area contributed by atoms with E-state index in [2.05, 4.69) is 6.07 Å². The number of hydrogen-bond donors (Lipinski definition) is 1. The van der Waals surface area contributed by atoms with Crippen LogP contribution in [0.2, 0.25) is 0 Å². The minimum atomic E-state index is -0.780. The second kappa shape index (κ2) is 5.15. The van der Waals surface area contributed by atoms with Crippen molar-refractivity contribution in [2.24, 2.45) is 5.73 Å². The van der Waals surface area contributed by atoms with Gasteiger partial charge in [0.25, 0.3) is 0 Å². The zero-order valence-electron chi connectivity index (χ0n) is 10.3. The molecule has 0 saturated heterocycles. The summed E-state index contributed by atoms with van der Waals surface area (Å²) in [6.45, 7) is 2.49. The molecular weight excluding hydrogens is 232 g/mol. The largest absolute Gasteiger partial charge is 0.493 e. The predicted octanol–water partition coefficient (Wildman–Crippen LogP) is 1.82. The molecule has 1 aliphatic heterocycles. The highest BCUT2D eigenvalue weighted by atomic mass is 16.7. The molecule has 1 aromatic rings. The Labute approximate surface area is 106 Å². The highest BCUT2D eigenvalue weighted by Gasteiger charge is 2.17. The van der Waals surface area contributed by atoms with Gasteiger partial charge in [0.2, 0.25) is 6.79 Å². The maximum atomic E-state index is 8.77. The Bertz CT molecular complexity index is 466. The molecule has 18 heavy (non-hydrogen) atoms. The summed E-state index contributed by atoms with van der Waals surface area (Å²) >= 11 is 0. The van der Waals surface area contributed by atoms with Gasteiger partial charge in [-0.05, 0) is 31.9 Å². The molecule has 0 radical (unpaired) electrons. The van der Waals surface area contributed by atoms with Crippen molar-refractivity contribution in [1.82, 2.24) is 0 Å². The SMILES string of the molecule is CC(N)(C#N)CCCOc1ccc2c(c1)OCO2. The summed E-state index contributed by atoms with van der Waals surface area (Å²) in [5.41, 5.74) is 4.94. The fourth-order valence-corrected chi connectivity index (χ4v) is 1.65. The molecule has 1 aliphatic rings. The quantitative estimate of drug-likeness (QED) is 0.804. The van der Waals surface area contributed by atoms with Gasteiger partial charge in [-0.15, -0.1) is 0 Å². The van der Waals surface area contributed by atoms with Crippen molar-refractivity contribution in [2.75, 3.05) is 13.4 Å². The summed E-state index contributed by atoms with van der Waals surface area (Å²) in [6, 6.07) is 7.51. The number of ether oxygens (including phenoxy) is 3. The lowest BCUT2D eigenvalue weighted by molar-refractivity contribution is 0.173. The number of nitrogens with two attached hydrogens (primary N) is 1. The Hall–Kier alpha value is -1.93. The van der Waals surface area contributed by atoms with Crippen LogP contribution in [0, 0.1) is 11.3 Å². The van der Waals surface area contributed by atoms with Crippen molar-refractivity contribution in [1.29, 1.82) is 5.26 Å². The van der Waals surface area contributed by atoms with Crippen LogP contribution in [0.25, 0.3) is 0 Å². The van der Waals surface area contributed by atoms with Gasteiger partial charge in [-0.25, -0.2) is 0 Å². The molecule has 0 fully saturated rings. The summed E-state index contributed by atoms with van der Waals surface area (Å²) < 4.78 is 16.0. The number of hydrogen-bond acceptors (Lipinski definition) is 5. The van der Waals surface area contributed by atoms with Crippen LogP contribution in [0.1, 0.15) is 19.8 Å². The maximum Gasteiger partial charge on any atom is 0.231 e. The van der Waals surface area contributed by atoms with Gasteiger partial charge in [0.15, 0.2) is 11.5 Å². The smallest absolute Gasteiger partial charge is 0.231 e. The van der Waals surface area contributed by atoms with E-state index in [0.29, 0.717) is 18.8 Å². The van der Waals surface area contributed by atoms with Gasteiger partial charge in [-0.1, -0.05) is 0 Å². The van der Waals surface area contributed by atoms with Gasteiger partial charge < -0.3 is 19.9 Å². The van der Waals surface area contributed by atoms with Crippen molar-refractivity contribution >= 4 is 0 Å². The minimum absolute atomic E-state index is 0.256. The van der Waals surface area contributed by atoms with E-state index in [1.54, 1.807) is 13.0 Å². The molecule has 2 rings (SSSR count). The fourth-order valence-electron chi connectivity index (χ4n) is 1.65. The van der Waals surface area contributed by atoms with E-state index in [1.165, 1.54) is 0 Å². The molecule has 96 valence electrons. The number of benzene rings is 1. The van der Waals surface area contributed by atoms with Gasteiger partial charge in [0, 0.05) is 6.07 Å². The molecule has 1 atom stereocenters. The van der Waals surface area contributed by atoms with Crippen molar-refractivity contribution in [3.8, 4) is 23.3 Å².